The van der Waals surface area contributed by atoms with Gasteiger partial charge in [-0.05, 0) is 50.7 Å². The molecule has 4 bridgehead atoms. The minimum atomic E-state index is -0.662. The van der Waals surface area contributed by atoms with Crippen LogP contribution in [0.3, 0.4) is 0 Å². The highest BCUT2D eigenvalue weighted by Gasteiger charge is 2.81. The Morgan fingerprint density at radius 2 is 1.97 bits per heavy atom. The first-order valence-electron chi connectivity index (χ1n) is 11.2. The molecule has 7 heteroatoms. The SMILES string of the molecule is COC(=O)N1CC[C@]23c4c5ccc(OC)c4O[C@H]2[C@@]2(OC)CC[C@@]3(C[C@@H]2C(C)=O)[C@H]1C5. The second kappa shape index (κ2) is 5.94. The number of rotatable bonds is 3. The number of likely N-dealkylation sites (tertiary alicyclic amines) is 1. The Labute approximate surface area is 182 Å². The Kier molecular flexibility index (Phi) is 3.72. The van der Waals surface area contributed by atoms with E-state index in [1.165, 1.54) is 18.2 Å². The van der Waals surface area contributed by atoms with Gasteiger partial charge in [0.15, 0.2) is 11.5 Å². The average molecular weight is 427 g/mol. The van der Waals surface area contributed by atoms with Gasteiger partial charge in [0.25, 0.3) is 0 Å². The van der Waals surface area contributed by atoms with E-state index in [0.717, 1.165) is 37.2 Å². The third-order valence-corrected chi connectivity index (χ3v) is 9.46. The number of carbonyl (C=O) groups is 2. The Bertz CT molecular complexity index is 1010. The van der Waals surface area contributed by atoms with Crippen LogP contribution in [0, 0.1) is 11.3 Å². The van der Waals surface area contributed by atoms with Gasteiger partial charge >= 0.3 is 6.09 Å². The minimum Gasteiger partial charge on any atom is -0.493 e. The van der Waals surface area contributed by atoms with E-state index < -0.39 is 5.60 Å². The number of benzene rings is 1. The van der Waals surface area contributed by atoms with Crippen molar-refractivity contribution < 1.29 is 28.5 Å². The number of fused-ring (bicyclic) bond motifs is 2. The van der Waals surface area contributed by atoms with E-state index in [0.29, 0.717) is 13.0 Å². The van der Waals surface area contributed by atoms with Crippen molar-refractivity contribution in [3.8, 4) is 11.5 Å². The first-order valence-corrected chi connectivity index (χ1v) is 11.2. The van der Waals surface area contributed by atoms with Crippen LogP contribution in [-0.4, -0.2) is 62.4 Å². The molecule has 1 aromatic carbocycles. The molecule has 1 saturated heterocycles. The predicted molar refractivity (Wildman–Crippen MR) is 111 cm³/mol. The first kappa shape index (κ1) is 19.4. The van der Waals surface area contributed by atoms with Gasteiger partial charge in [-0.1, -0.05) is 6.07 Å². The third-order valence-electron chi connectivity index (χ3n) is 9.46. The maximum atomic E-state index is 12.9. The lowest BCUT2D eigenvalue weighted by molar-refractivity contribution is -0.268. The van der Waals surface area contributed by atoms with Crippen LogP contribution < -0.4 is 9.47 Å². The van der Waals surface area contributed by atoms with Gasteiger partial charge in [0, 0.05) is 36.1 Å². The number of ketones is 1. The smallest absolute Gasteiger partial charge is 0.409 e. The van der Waals surface area contributed by atoms with Crippen molar-refractivity contribution in [1.82, 2.24) is 4.90 Å². The molecule has 2 aliphatic heterocycles. The summed E-state index contributed by atoms with van der Waals surface area (Å²) in [6.45, 7) is 2.28. The normalized spacial score (nSPS) is 40.8. The fourth-order valence-corrected chi connectivity index (χ4v) is 8.41. The Morgan fingerprint density at radius 1 is 1.16 bits per heavy atom. The fourth-order valence-electron chi connectivity index (χ4n) is 8.41. The van der Waals surface area contributed by atoms with Crippen molar-refractivity contribution in [2.75, 3.05) is 27.9 Å². The molecular weight excluding hydrogens is 398 g/mol. The van der Waals surface area contributed by atoms with E-state index in [9.17, 15) is 9.59 Å². The second-order valence-electron chi connectivity index (χ2n) is 9.92. The van der Waals surface area contributed by atoms with E-state index >= 15 is 0 Å². The molecule has 1 aromatic rings. The van der Waals surface area contributed by atoms with Crippen molar-refractivity contribution in [3.05, 3.63) is 23.3 Å². The lowest BCUT2D eigenvalue weighted by atomic mass is 9.34. The molecule has 3 saturated carbocycles. The van der Waals surface area contributed by atoms with Crippen LogP contribution >= 0.6 is 0 Å². The number of hydrogen-bond donors (Lipinski definition) is 0. The highest BCUT2D eigenvalue weighted by atomic mass is 16.6. The summed E-state index contributed by atoms with van der Waals surface area (Å²) in [5.74, 6) is 1.42. The number of amides is 1. The maximum absolute atomic E-state index is 12.9. The van der Waals surface area contributed by atoms with Gasteiger partial charge in [0.05, 0.1) is 20.1 Å². The zero-order valence-electron chi connectivity index (χ0n) is 18.5. The van der Waals surface area contributed by atoms with E-state index in [-0.39, 0.29) is 40.8 Å². The Hall–Kier alpha value is -2.28. The zero-order chi connectivity index (χ0) is 21.8. The molecule has 31 heavy (non-hydrogen) atoms. The summed E-state index contributed by atoms with van der Waals surface area (Å²) in [6.07, 6.45) is 3.32. The third kappa shape index (κ3) is 1.88. The van der Waals surface area contributed by atoms with Crippen molar-refractivity contribution in [1.29, 1.82) is 0 Å². The molecule has 1 amide bonds. The molecule has 4 fully saturated rings. The van der Waals surface area contributed by atoms with Gasteiger partial charge < -0.3 is 23.8 Å². The molecule has 2 spiro atoms. The number of Topliss-reactive ketones (excluding diaryl/α,β-unsaturated/α-hetero) is 1. The molecule has 7 rings (SSSR count). The quantitative estimate of drug-likeness (QED) is 0.739. The molecule has 2 heterocycles. The summed E-state index contributed by atoms with van der Waals surface area (Å²) in [4.78, 5) is 27.7. The molecule has 4 aliphatic carbocycles. The van der Waals surface area contributed by atoms with E-state index in [2.05, 4.69) is 6.07 Å². The van der Waals surface area contributed by atoms with Crippen LogP contribution in [0.5, 0.6) is 11.5 Å². The lowest BCUT2D eigenvalue weighted by Gasteiger charge is -2.73. The van der Waals surface area contributed by atoms with Crippen LogP contribution in [0.25, 0.3) is 0 Å². The van der Waals surface area contributed by atoms with Crippen LogP contribution in [0.15, 0.2) is 12.1 Å². The van der Waals surface area contributed by atoms with E-state index in [1.807, 2.05) is 11.0 Å². The minimum absolute atomic E-state index is 0.0244. The number of piperidine rings is 1. The molecule has 7 nitrogen and oxygen atoms in total. The topological polar surface area (TPSA) is 74.3 Å². The molecule has 6 atom stereocenters. The molecule has 6 aliphatic rings. The summed E-state index contributed by atoms with van der Waals surface area (Å²) in [5.41, 5.74) is 1.25. The van der Waals surface area contributed by atoms with Gasteiger partial charge in [-0.25, -0.2) is 4.79 Å². The molecule has 166 valence electrons. The van der Waals surface area contributed by atoms with Crippen molar-refractivity contribution in [3.63, 3.8) is 0 Å². The lowest BCUT2D eigenvalue weighted by Crippen LogP contribution is -2.81. The fraction of sp³-hybridized carbons (Fsp3) is 0.667. The summed E-state index contributed by atoms with van der Waals surface area (Å²) in [7, 11) is 4.84. The van der Waals surface area contributed by atoms with Crippen molar-refractivity contribution in [2.45, 2.75) is 62.2 Å². The standard InChI is InChI=1S/C24H29NO6/c1-13(26)15-12-22-7-8-24(15,30-4)20-23(22)9-10-25(21(27)29-3)17(22)11-14-5-6-16(28-2)19(31-20)18(14)23/h5-6,15,17,20H,7-12H2,1-4H3/t15-,17-,20-,22-,23+,24-/m1/s1. The second-order valence-corrected chi connectivity index (χ2v) is 9.92. The van der Waals surface area contributed by atoms with Gasteiger partial charge in [-0.3, -0.25) is 4.79 Å². The zero-order valence-corrected chi connectivity index (χ0v) is 18.5. The van der Waals surface area contributed by atoms with Crippen LogP contribution in [0.2, 0.25) is 0 Å². The van der Waals surface area contributed by atoms with Gasteiger partial charge in [0.2, 0.25) is 0 Å². The number of carbonyl (C=O) groups excluding carboxylic acids is 2. The number of ether oxygens (including phenoxy) is 4. The van der Waals surface area contributed by atoms with E-state index in [1.54, 1.807) is 21.1 Å². The van der Waals surface area contributed by atoms with E-state index in [4.69, 9.17) is 18.9 Å². The summed E-state index contributed by atoms with van der Waals surface area (Å²) >= 11 is 0. The number of methoxy groups -OCH3 is 3. The summed E-state index contributed by atoms with van der Waals surface area (Å²) < 4.78 is 23.9. The molecule has 0 radical (unpaired) electrons. The Morgan fingerprint density at radius 3 is 2.65 bits per heavy atom. The van der Waals surface area contributed by atoms with Gasteiger partial charge in [-0.2, -0.15) is 0 Å². The van der Waals surface area contributed by atoms with Crippen LogP contribution in [0.4, 0.5) is 4.79 Å². The van der Waals surface area contributed by atoms with Gasteiger partial charge in [-0.15, -0.1) is 0 Å². The molecule has 0 N–H and O–H groups in total. The largest absolute Gasteiger partial charge is 0.493 e. The van der Waals surface area contributed by atoms with Crippen molar-refractivity contribution >= 4 is 11.9 Å². The number of nitrogens with zero attached hydrogens (tertiary/aromatic N) is 1. The van der Waals surface area contributed by atoms with Crippen molar-refractivity contribution in [2.24, 2.45) is 11.3 Å². The molecule has 0 unspecified atom stereocenters. The van der Waals surface area contributed by atoms with Crippen LogP contribution in [-0.2, 0) is 26.1 Å². The number of hydrogen-bond acceptors (Lipinski definition) is 6. The maximum Gasteiger partial charge on any atom is 0.409 e. The highest BCUT2D eigenvalue weighted by molar-refractivity contribution is 5.81. The molecule has 0 aromatic heterocycles. The Balaban J connectivity index is 1.66. The monoisotopic (exact) mass is 427 g/mol. The summed E-state index contributed by atoms with van der Waals surface area (Å²) in [6, 6.07) is 4.06. The average Bonchev–Trinajstić information content (AvgIpc) is 3.15. The highest BCUT2D eigenvalue weighted by Crippen LogP contribution is 2.76. The summed E-state index contributed by atoms with van der Waals surface area (Å²) in [5, 5.41) is 0. The molecular formula is C24H29NO6. The van der Waals surface area contributed by atoms with Gasteiger partial charge in [0.1, 0.15) is 17.5 Å². The van der Waals surface area contributed by atoms with Crippen LogP contribution in [0.1, 0.15) is 43.7 Å². The first-order chi connectivity index (χ1) is 14.9. The predicted octanol–water partition coefficient (Wildman–Crippen LogP) is 2.87.